The molecule has 0 radical (unpaired) electrons. The van der Waals surface area contributed by atoms with Gasteiger partial charge in [-0.25, -0.2) is 0 Å². The van der Waals surface area contributed by atoms with Crippen LogP contribution in [-0.4, -0.2) is 39.9 Å². The van der Waals surface area contributed by atoms with Crippen LogP contribution < -0.4 is 5.11 Å². The van der Waals surface area contributed by atoms with E-state index in [0.29, 0.717) is 4.90 Å². The molecule has 0 saturated heterocycles. The van der Waals surface area contributed by atoms with Gasteiger partial charge in [-0.15, -0.1) is 0 Å². The Kier molecular flexibility index (Phi) is 4.61. The number of carboxylic acid groups (broad SMARTS) is 1. The highest BCUT2D eigenvalue weighted by Crippen LogP contribution is 2.45. The second-order valence-electron chi connectivity index (χ2n) is 4.49. The highest BCUT2D eigenvalue weighted by Gasteiger charge is 2.46. The van der Waals surface area contributed by atoms with E-state index < -0.39 is 29.9 Å². The van der Waals surface area contributed by atoms with Gasteiger partial charge in [-0.05, 0) is 6.92 Å². The van der Waals surface area contributed by atoms with Crippen LogP contribution in [0.15, 0.2) is 0 Å². The third-order valence-corrected chi connectivity index (χ3v) is 4.91. The summed E-state index contributed by atoms with van der Waals surface area (Å²) in [6.07, 6.45) is -1.57. The number of aliphatic carboxylic acids is 1. The lowest BCUT2D eigenvalue weighted by Gasteiger charge is -2.29. The van der Waals surface area contributed by atoms with Crippen molar-refractivity contribution >= 4 is 64.2 Å². The van der Waals surface area contributed by atoms with Gasteiger partial charge in [-0.2, -0.15) is 0 Å². The number of halogens is 4. The maximum Gasteiger partial charge on any atom is 0.263 e. The molecule has 0 spiro atoms. The predicted molar refractivity (Wildman–Crippen MR) is 77.5 cm³/mol. The van der Waals surface area contributed by atoms with Gasteiger partial charge in [0.25, 0.3) is 11.8 Å². The van der Waals surface area contributed by atoms with E-state index in [1.54, 1.807) is 0 Å². The molecule has 1 N–H and O–H groups in total. The molecule has 0 fully saturated rings. The molecule has 0 unspecified atom stereocenters. The Hall–Kier alpha value is -1.05. The first-order valence-corrected chi connectivity index (χ1v) is 7.25. The van der Waals surface area contributed by atoms with Gasteiger partial charge in [-0.1, -0.05) is 46.4 Å². The van der Waals surface area contributed by atoms with Crippen LogP contribution in [0.3, 0.4) is 0 Å². The van der Waals surface area contributed by atoms with Gasteiger partial charge >= 0.3 is 0 Å². The van der Waals surface area contributed by atoms with Crippen molar-refractivity contribution in [2.24, 2.45) is 0 Å². The van der Waals surface area contributed by atoms with Crippen molar-refractivity contribution in [1.82, 2.24) is 4.90 Å². The van der Waals surface area contributed by atoms with Gasteiger partial charge in [-0.3, -0.25) is 14.5 Å². The molecule has 1 aromatic rings. The van der Waals surface area contributed by atoms with E-state index in [9.17, 15) is 24.6 Å². The van der Waals surface area contributed by atoms with Crippen molar-refractivity contribution in [3.05, 3.63) is 31.2 Å². The van der Waals surface area contributed by atoms with Gasteiger partial charge in [0, 0.05) is 0 Å². The molecule has 0 saturated carbocycles. The Morgan fingerprint density at radius 2 is 1.36 bits per heavy atom. The Balaban J connectivity index is 2.71. The number of aliphatic hydroxyl groups excluding tert-OH is 1. The van der Waals surface area contributed by atoms with Crippen LogP contribution in [0.5, 0.6) is 0 Å². The standard InChI is InChI=1S/C12H7Cl4NO5/c1-2(18)9(12(21)22)17-10(19)3-4(11(17)20)6(14)8(16)7(15)5(3)13/h2,9,18H,1H3,(H,21,22)/p-1/t2-,9-/m0/s1. The van der Waals surface area contributed by atoms with E-state index in [-0.39, 0.29) is 31.2 Å². The molecule has 118 valence electrons. The van der Waals surface area contributed by atoms with Crippen LogP contribution in [0.25, 0.3) is 0 Å². The maximum absolute atomic E-state index is 12.4. The number of fused-ring (bicyclic) bond motifs is 1. The van der Waals surface area contributed by atoms with Crippen molar-refractivity contribution in [3.8, 4) is 0 Å². The van der Waals surface area contributed by atoms with E-state index in [2.05, 4.69) is 0 Å². The number of nitrogens with zero attached hydrogens (tertiary/aromatic N) is 1. The summed E-state index contributed by atoms with van der Waals surface area (Å²) < 4.78 is 0. The molecule has 22 heavy (non-hydrogen) atoms. The van der Waals surface area contributed by atoms with E-state index >= 15 is 0 Å². The molecule has 2 amide bonds. The quantitative estimate of drug-likeness (QED) is 0.481. The molecule has 1 heterocycles. The summed E-state index contributed by atoms with van der Waals surface area (Å²) in [4.78, 5) is 36.2. The number of hydrogen-bond donors (Lipinski definition) is 1. The molecule has 6 nitrogen and oxygen atoms in total. The van der Waals surface area contributed by atoms with Gasteiger partial charge in [0.15, 0.2) is 0 Å². The predicted octanol–water partition coefficient (Wildman–Crippen LogP) is 1.40. The molecule has 2 rings (SSSR count). The van der Waals surface area contributed by atoms with Crippen LogP contribution in [0.4, 0.5) is 0 Å². The van der Waals surface area contributed by atoms with E-state index in [1.165, 1.54) is 0 Å². The lowest BCUT2D eigenvalue weighted by atomic mass is 10.1. The minimum absolute atomic E-state index is 0.239. The number of benzene rings is 1. The number of carboxylic acids is 1. The first kappa shape index (κ1) is 17.3. The number of carbonyl (C=O) groups is 3. The van der Waals surface area contributed by atoms with Crippen LogP contribution >= 0.6 is 46.4 Å². The Morgan fingerprint density at radius 1 is 1.00 bits per heavy atom. The lowest BCUT2D eigenvalue weighted by molar-refractivity contribution is -0.312. The fraction of sp³-hybridized carbons (Fsp3) is 0.250. The van der Waals surface area contributed by atoms with Crippen LogP contribution in [0.1, 0.15) is 27.6 Å². The van der Waals surface area contributed by atoms with Crippen molar-refractivity contribution in [2.75, 3.05) is 0 Å². The molecule has 0 bridgehead atoms. The van der Waals surface area contributed by atoms with Gasteiger partial charge in [0.2, 0.25) is 0 Å². The third kappa shape index (κ3) is 2.35. The second kappa shape index (κ2) is 5.86. The number of imide groups is 1. The topological polar surface area (TPSA) is 97.7 Å². The normalized spacial score (nSPS) is 16.7. The van der Waals surface area contributed by atoms with Gasteiger partial charge in [0.05, 0.1) is 43.3 Å². The number of amides is 2. The van der Waals surface area contributed by atoms with E-state index in [1.807, 2.05) is 0 Å². The Labute approximate surface area is 144 Å². The zero-order valence-electron chi connectivity index (χ0n) is 10.7. The summed E-state index contributed by atoms with van der Waals surface area (Å²) in [6.45, 7) is 1.09. The van der Waals surface area contributed by atoms with Gasteiger partial charge in [0.1, 0.15) is 6.04 Å². The average Bonchev–Trinajstić information content (AvgIpc) is 2.67. The average molecular weight is 386 g/mol. The van der Waals surface area contributed by atoms with Crippen LogP contribution in [0.2, 0.25) is 20.1 Å². The Morgan fingerprint density at radius 3 is 1.64 bits per heavy atom. The SMILES string of the molecule is C[C@H](O)[C@@H](C(=O)[O-])N1C(=O)c2c(Cl)c(Cl)c(Cl)c(Cl)c2C1=O. The minimum Gasteiger partial charge on any atom is -0.548 e. The summed E-state index contributed by atoms with van der Waals surface area (Å²) in [5.41, 5.74) is -0.726. The van der Waals surface area contributed by atoms with Crippen LogP contribution in [-0.2, 0) is 4.79 Å². The van der Waals surface area contributed by atoms with Crippen molar-refractivity contribution in [1.29, 1.82) is 0 Å². The lowest BCUT2D eigenvalue weighted by Crippen LogP contribution is -2.55. The van der Waals surface area contributed by atoms with Crippen molar-refractivity contribution in [3.63, 3.8) is 0 Å². The number of aliphatic hydroxyl groups is 1. The zero-order valence-corrected chi connectivity index (χ0v) is 13.7. The highest BCUT2D eigenvalue weighted by molar-refractivity contribution is 6.55. The van der Waals surface area contributed by atoms with Crippen LogP contribution in [0, 0.1) is 0 Å². The number of carbonyl (C=O) groups excluding carboxylic acids is 3. The third-order valence-electron chi connectivity index (χ3n) is 3.11. The maximum atomic E-state index is 12.4. The van der Waals surface area contributed by atoms with Crippen molar-refractivity contribution in [2.45, 2.75) is 19.1 Å². The Bertz CT molecular complexity index is 671. The highest BCUT2D eigenvalue weighted by atomic mass is 35.5. The minimum atomic E-state index is -1.91. The summed E-state index contributed by atoms with van der Waals surface area (Å²) >= 11 is 23.5. The fourth-order valence-electron chi connectivity index (χ4n) is 2.14. The molecule has 1 aliphatic heterocycles. The first-order valence-electron chi connectivity index (χ1n) is 5.74. The fourth-order valence-corrected chi connectivity index (χ4v) is 3.15. The molecule has 0 aromatic heterocycles. The molecular formula is C12H6Cl4NO5-. The molecule has 0 aliphatic carbocycles. The first-order chi connectivity index (χ1) is 10.1. The molecule has 1 aromatic carbocycles. The summed E-state index contributed by atoms with van der Waals surface area (Å²) in [5.74, 6) is -3.92. The second-order valence-corrected chi connectivity index (χ2v) is 6.00. The zero-order chi connectivity index (χ0) is 16.9. The van der Waals surface area contributed by atoms with E-state index in [4.69, 9.17) is 46.4 Å². The largest absolute Gasteiger partial charge is 0.548 e. The molecule has 1 aliphatic rings. The summed E-state index contributed by atoms with van der Waals surface area (Å²) in [5, 5.41) is 19.5. The number of hydrogen-bond acceptors (Lipinski definition) is 5. The summed E-state index contributed by atoms with van der Waals surface area (Å²) in [7, 11) is 0. The molecule has 10 heteroatoms. The van der Waals surface area contributed by atoms with Crippen molar-refractivity contribution < 1.29 is 24.6 Å². The summed E-state index contributed by atoms with van der Waals surface area (Å²) in [6, 6.07) is -1.91. The number of rotatable bonds is 3. The smallest absolute Gasteiger partial charge is 0.263 e. The molecule has 2 atom stereocenters. The monoisotopic (exact) mass is 384 g/mol. The van der Waals surface area contributed by atoms with E-state index in [0.717, 1.165) is 6.92 Å². The molecular weight excluding hydrogens is 380 g/mol. The van der Waals surface area contributed by atoms with Gasteiger partial charge < -0.3 is 15.0 Å².